The van der Waals surface area contributed by atoms with E-state index in [2.05, 4.69) is 15.9 Å². The first kappa shape index (κ1) is 16.1. The minimum Gasteiger partial charge on any atom is -0.449 e. The van der Waals surface area contributed by atoms with Crippen molar-refractivity contribution >= 4 is 32.9 Å². The monoisotopic (exact) mass is 404 g/mol. The number of hydrogen-bond donors (Lipinski definition) is 0. The molecule has 0 bridgehead atoms. The van der Waals surface area contributed by atoms with E-state index in [0.717, 1.165) is 6.42 Å². The summed E-state index contributed by atoms with van der Waals surface area (Å²) in [6.45, 7) is 0.504. The summed E-state index contributed by atoms with van der Waals surface area (Å²) >= 11 is 3.21. The third-order valence-electron chi connectivity index (χ3n) is 3.95. The van der Waals surface area contributed by atoms with Crippen molar-refractivity contribution in [3.8, 4) is 17.3 Å². The fraction of sp³-hybridized carbons (Fsp3) is 0.222. The van der Waals surface area contributed by atoms with E-state index in [1.807, 2.05) is 0 Å². The first-order valence-corrected chi connectivity index (χ1v) is 8.57. The molecule has 0 amide bonds. The number of carbonyl (C=O) groups excluding carboxylic acids is 1. The van der Waals surface area contributed by atoms with Gasteiger partial charge in [0.25, 0.3) is 0 Å². The lowest BCUT2D eigenvalue weighted by Gasteiger charge is -2.11. The first-order valence-electron chi connectivity index (χ1n) is 7.78. The van der Waals surface area contributed by atoms with Crippen LogP contribution in [-0.2, 0) is 9.53 Å². The quantitative estimate of drug-likeness (QED) is 0.615. The van der Waals surface area contributed by atoms with Crippen molar-refractivity contribution in [2.45, 2.75) is 18.9 Å². The Balaban J connectivity index is 1.86. The molecule has 128 valence electrons. The molecule has 1 aliphatic heterocycles. The fourth-order valence-corrected chi connectivity index (χ4v) is 3.05. The minimum atomic E-state index is -0.665. The van der Waals surface area contributed by atoms with E-state index in [0.29, 0.717) is 28.7 Å². The molecule has 7 heteroatoms. The largest absolute Gasteiger partial charge is 0.449 e. The van der Waals surface area contributed by atoms with Gasteiger partial charge in [-0.1, -0.05) is 12.1 Å². The highest BCUT2D eigenvalue weighted by atomic mass is 79.9. The molecular formula is C18H13BrO6. The summed E-state index contributed by atoms with van der Waals surface area (Å²) in [5.74, 6) is -0.446. The Hall–Kier alpha value is -2.38. The number of hydrogen-bond acceptors (Lipinski definition) is 6. The molecule has 1 saturated heterocycles. The zero-order valence-electron chi connectivity index (χ0n) is 13.0. The Bertz CT molecular complexity index is 996. The van der Waals surface area contributed by atoms with Gasteiger partial charge in [0.05, 0.1) is 5.39 Å². The summed E-state index contributed by atoms with van der Waals surface area (Å²) in [5.41, 5.74) is -0.0531. The molecule has 6 nitrogen and oxygen atoms in total. The lowest BCUT2D eigenvalue weighted by Crippen LogP contribution is -2.27. The van der Waals surface area contributed by atoms with Crippen molar-refractivity contribution in [3.63, 3.8) is 0 Å². The molecule has 3 aromatic rings. The molecule has 0 spiro atoms. The summed E-state index contributed by atoms with van der Waals surface area (Å²) < 4.78 is 22.5. The van der Waals surface area contributed by atoms with Crippen LogP contribution in [0.25, 0.3) is 22.5 Å². The number of esters is 1. The number of rotatable bonds is 3. The summed E-state index contributed by atoms with van der Waals surface area (Å²) in [7, 11) is 0. The van der Waals surface area contributed by atoms with Gasteiger partial charge in [-0.15, -0.1) is 0 Å². The van der Waals surface area contributed by atoms with Crippen LogP contribution in [0.1, 0.15) is 12.8 Å². The second-order valence-corrected chi connectivity index (χ2v) is 6.39. The Kier molecular flexibility index (Phi) is 4.19. The van der Waals surface area contributed by atoms with Crippen LogP contribution in [0.4, 0.5) is 0 Å². The van der Waals surface area contributed by atoms with Crippen LogP contribution >= 0.6 is 15.9 Å². The second-order valence-electron chi connectivity index (χ2n) is 5.61. The SMILES string of the molecule is O=C(Oc1c(-c2ccc(Br)o2)oc2ccccc2c1=O)[C@H]1CCCO1. The molecule has 1 aliphatic rings. The van der Waals surface area contributed by atoms with Crippen molar-refractivity contribution in [2.75, 3.05) is 6.61 Å². The molecular weight excluding hydrogens is 392 g/mol. The van der Waals surface area contributed by atoms with Crippen molar-refractivity contribution < 1.29 is 23.1 Å². The first-order chi connectivity index (χ1) is 12.1. The van der Waals surface area contributed by atoms with E-state index in [9.17, 15) is 9.59 Å². The molecule has 1 atom stereocenters. The van der Waals surface area contributed by atoms with Crippen LogP contribution < -0.4 is 10.2 Å². The molecule has 25 heavy (non-hydrogen) atoms. The molecule has 0 unspecified atom stereocenters. The van der Waals surface area contributed by atoms with E-state index in [-0.39, 0.29) is 17.3 Å². The van der Waals surface area contributed by atoms with Gasteiger partial charge in [-0.05, 0) is 53.0 Å². The summed E-state index contributed by atoms with van der Waals surface area (Å²) in [4.78, 5) is 25.2. The minimum absolute atomic E-state index is 0.0701. The van der Waals surface area contributed by atoms with E-state index < -0.39 is 17.5 Å². The number of halogens is 1. The zero-order chi connectivity index (χ0) is 17.4. The van der Waals surface area contributed by atoms with Crippen LogP contribution in [0.2, 0.25) is 0 Å². The maximum absolute atomic E-state index is 12.8. The highest BCUT2D eigenvalue weighted by molar-refractivity contribution is 9.10. The standard InChI is InChI=1S/C18H13BrO6/c19-14-8-7-12(23-14)16-17(25-18(21)13-6-3-9-22-13)15(20)10-4-1-2-5-11(10)24-16/h1-2,4-5,7-8,13H,3,6,9H2/t13-/m1/s1. The molecule has 3 heterocycles. The van der Waals surface area contributed by atoms with Gasteiger partial charge in [-0.25, -0.2) is 4.79 Å². The molecule has 0 saturated carbocycles. The Labute approximate surface area is 150 Å². The lowest BCUT2D eigenvalue weighted by atomic mass is 10.2. The molecule has 2 aromatic heterocycles. The fourth-order valence-electron chi connectivity index (χ4n) is 2.75. The molecule has 0 N–H and O–H groups in total. The summed E-state index contributed by atoms with van der Waals surface area (Å²) in [6.07, 6.45) is 0.686. The van der Waals surface area contributed by atoms with Crippen LogP contribution in [0.3, 0.4) is 0 Å². The van der Waals surface area contributed by atoms with Crippen LogP contribution in [-0.4, -0.2) is 18.7 Å². The summed E-state index contributed by atoms with van der Waals surface area (Å²) in [6, 6.07) is 10.0. The Morgan fingerprint density at radius 2 is 2.00 bits per heavy atom. The van der Waals surface area contributed by atoms with Gasteiger partial charge < -0.3 is 18.3 Å². The van der Waals surface area contributed by atoms with Crippen LogP contribution in [0.15, 0.2) is 54.7 Å². The highest BCUT2D eigenvalue weighted by Gasteiger charge is 2.29. The maximum Gasteiger partial charge on any atom is 0.340 e. The van der Waals surface area contributed by atoms with Crippen molar-refractivity contribution in [2.24, 2.45) is 0 Å². The predicted octanol–water partition coefficient (Wildman–Crippen LogP) is 3.90. The highest BCUT2D eigenvalue weighted by Crippen LogP contribution is 2.33. The van der Waals surface area contributed by atoms with E-state index in [1.54, 1.807) is 36.4 Å². The number of carbonyl (C=O) groups is 1. The predicted molar refractivity (Wildman–Crippen MR) is 92.5 cm³/mol. The molecule has 1 aromatic carbocycles. The van der Waals surface area contributed by atoms with Crippen molar-refractivity contribution in [1.82, 2.24) is 0 Å². The van der Waals surface area contributed by atoms with Gasteiger partial charge in [-0.2, -0.15) is 0 Å². The van der Waals surface area contributed by atoms with Gasteiger partial charge in [0.15, 0.2) is 16.5 Å². The van der Waals surface area contributed by atoms with Crippen LogP contribution in [0, 0.1) is 0 Å². The number of benzene rings is 1. The lowest BCUT2D eigenvalue weighted by molar-refractivity contribution is -0.144. The normalized spacial score (nSPS) is 17.1. The smallest absolute Gasteiger partial charge is 0.340 e. The average Bonchev–Trinajstić information content (AvgIpc) is 3.29. The van der Waals surface area contributed by atoms with Gasteiger partial charge in [0.2, 0.25) is 16.9 Å². The second kappa shape index (κ2) is 6.50. The molecule has 0 radical (unpaired) electrons. The third kappa shape index (κ3) is 3.01. The number of ether oxygens (including phenoxy) is 2. The molecule has 0 aliphatic carbocycles. The van der Waals surface area contributed by atoms with Gasteiger partial charge >= 0.3 is 5.97 Å². The molecule has 1 fully saturated rings. The van der Waals surface area contributed by atoms with E-state index in [1.165, 1.54) is 0 Å². The number of fused-ring (bicyclic) bond motifs is 1. The third-order valence-corrected chi connectivity index (χ3v) is 4.37. The summed E-state index contributed by atoms with van der Waals surface area (Å²) in [5, 5.41) is 0.326. The number of furan rings is 1. The van der Waals surface area contributed by atoms with E-state index >= 15 is 0 Å². The van der Waals surface area contributed by atoms with Gasteiger partial charge in [0.1, 0.15) is 5.58 Å². The van der Waals surface area contributed by atoms with Gasteiger partial charge in [-0.3, -0.25) is 4.79 Å². The van der Waals surface area contributed by atoms with Crippen molar-refractivity contribution in [3.05, 3.63) is 51.3 Å². The van der Waals surface area contributed by atoms with Crippen LogP contribution in [0.5, 0.6) is 5.75 Å². The van der Waals surface area contributed by atoms with E-state index in [4.69, 9.17) is 18.3 Å². The maximum atomic E-state index is 12.8. The number of para-hydroxylation sites is 1. The average molecular weight is 405 g/mol. The Morgan fingerprint density at radius 3 is 2.72 bits per heavy atom. The molecule has 4 rings (SSSR count). The van der Waals surface area contributed by atoms with Gasteiger partial charge in [0, 0.05) is 6.61 Å². The zero-order valence-corrected chi connectivity index (χ0v) is 14.6. The Morgan fingerprint density at radius 1 is 1.16 bits per heavy atom. The topological polar surface area (TPSA) is 78.9 Å². The van der Waals surface area contributed by atoms with Crippen molar-refractivity contribution in [1.29, 1.82) is 0 Å².